The fraction of sp³-hybridized carbons (Fsp3) is 0.955. The third-order valence-corrected chi connectivity index (χ3v) is 10.4. The highest BCUT2D eigenvalue weighted by molar-refractivity contribution is 5.93. The molecule has 0 heterocycles. The van der Waals surface area contributed by atoms with Crippen LogP contribution in [0.5, 0.6) is 0 Å². The molecule has 1 unspecified atom stereocenters. The van der Waals surface area contributed by atoms with E-state index in [0.29, 0.717) is 6.42 Å². The summed E-state index contributed by atoms with van der Waals surface area (Å²) in [5.41, 5.74) is 0. The molecule has 0 aromatic carbocycles. The Morgan fingerprint density at radius 1 is 0.348 bits per heavy atom. The zero-order valence-electron chi connectivity index (χ0n) is 32.0. The van der Waals surface area contributed by atoms with Gasteiger partial charge in [-0.05, 0) is 12.8 Å². The van der Waals surface area contributed by atoms with Crippen LogP contribution in [0.4, 0.5) is 0 Å². The Hall–Kier alpha value is -0.660. The molecule has 2 nitrogen and oxygen atoms in total. The van der Waals surface area contributed by atoms with E-state index in [9.17, 15) is 9.59 Å². The molecule has 0 saturated heterocycles. The van der Waals surface area contributed by atoms with E-state index >= 15 is 0 Å². The monoisotopic (exact) mass is 646 g/mol. The molecule has 0 amide bonds. The van der Waals surface area contributed by atoms with Crippen molar-refractivity contribution >= 4 is 12.1 Å². The van der Waals surface area contributed by atoms with Crippen molar-refractivity contribution in [3.63, 3.8) is 0 Å². The molecule has 0 aliphatic rings. The van der Waals surface area contributed by atoms with Crippen LogP contribution in [0, 0.1) is 5.92 Å². The van der Waals surface area contributed by atoms with Crippen LogP contribution < -0.4 is 0 Å². The number of hydrogen-bond donors (Lipinski definition) is 0. The van der Waals surface area contributed by atoms with Crippen LogP contribution in [0.25, 0.3) is 0 Å². The first-order valence-corrected chi connectivity index (χ1v) is 21.7. The average Bonchev–Trinajstić information content (AvgIpc) is 3.06. The molecular weight excluding hydrogens is 560 g/mol. The van der Waals surface area contributed by atoms with E-state index in [-0.39, 0.29) is 5.78 Å². The molecule has 0 aromatic heterocycles. The maximum atomic E-state index is 12.5. The Bertz CT molecular complexity index is 584. The van der Waals surface area contributed by atoms with E-state index in [0.717, 1.165) is 32.1 Å². The number of ketones is 1. The fourth-order valence-electron chi connectivity index (χ4n) is 7.09. The second kappa shape index (κ2) is 40.5. The van der Waals surface area contributed by atoms with E-state index in [1.165, 1.54) is 212 Å². The van der Waals surface area contributed by atoms with Gasteiger partial charge in [0.05, 0.1) is 5.92 Å². The molecule has 0 aromatic rings. The lowest BCUT2D eigenvalue weighted by Gasteiger charge is -2.09. The Labute approximate surface area is 291 Å². The lowest BCUT2D eigenvalue weighted by molar-refractivity contribution is -0.121. The van der Waals surface area contributed by atoms with Gasteiger partial charge >= 0.3 is 0 Å². The van der Waals surface area contributed by atoms with Crippen LogP contribution in [0.2, 0.25) is 0 Å². The topological polar surface area (TPSA) is 34.1 Å². The number of unbranched alkanes of at least 4 members (excludes halogenated alkanes) is 35. The summed E-state index contributed by atoms with van der Waals surface area (Å²) >= 11 is 0. The summed E-state index contributed by atoms with van der Waals surface area (Å²) in [7, 11) is 0. The highest BCUT2D eigenvalue weighted by Crippen LogP contribution is 2.18. The maximum Gasteiger partial charge on any atom is 0.209 e. The molecule has 46 heavy (non-hydrogen) atoms. The van der Waals surface area contributed by atoms with Crippen molar-refractivity contribution in [3.8, 4) is 0 Å². The normalized spacial score (nSPS) is 12.1. The predicted octanol–water partition coefficient (Wildman–Crippen LogP) is 15.5. The zero-order valence-corrected chi connectivity index (χ0v) is 32.0. The molecule has 1 radical (unpaired) electrons. The van der Waals surface area contributed by atoms with Gasteiger partial charge in [-0.2, -0.15) is 0 Å². The van der Waals surface area contributed by atoms with Gasteiger partial charge in [-0.15, -0.1) is 0 Å². The fourth-order valence-corrected chi connectivity index (χ4v) is 7.09. The molecule has 2 heteroatoms. The summed E-state index contributed by atoms with van der Waals surface area (Å²) in [5.74, 6) is -0.314. The van der Waals surface area contributed by atoms with Crippen LogP contribution in [0.3, 0.4) is 0 Å². The number of rotatable bonds is 41. The first-order valence-electron chi connectivity index (χ1n) is 21.7. The van der Waals surface area contributed by atoms with Gasteiger partial charge in [0.1, 0.15) is 5.78 Å². The molecule has 0 spiro atoms. The number of carbonyl (C=O) groups is 1. The van der Waals surface area contributed by atoms with Gasteiger partial charge in [0.15, 0.2) is 0 Å². The molecule has 1 atom stereocenters. The zero-order chi connectivity index (χ0) is 33.4. The highest BCUT2D eigenvalue weighted by atomic mass is 16.1. The van der Waals surface area contributed by atoms with Gasteiger partial charge in [-0.25, -0.2) is 0 Å². The second-order valence-corrected chi connectivity index (χ2v) is 15.0. The lowest BCUT2D eigenvalue weighted by Crippen LogP contribution is -2.15. The van der Waals surface area contributed by atoms with Crippen LogP contribution in [-0.2, 0) is 9.59 Å². The largest absolute Gasteiger partial charge is 0.299 e. The Morgan fingerprint density at radius 2 is 0.565 bits per heavy atom. The molecule has 0 N–H and O–H groups in total. The molecule has 0 saturated carbocycles. The Kier molecular flexibility index (Phi) is 39.9. The minimum Gasteiger partial charge on any atom is -0.299 e. The SMILES string of the molecule is CCCCCCCCCCCCCCCCCCCCCC(=O)C([C]=O)CCCCCCCCCCCCCCCCCCCC. The maximum absolute atomic E-state index is 12.5. The first kappa shape index (κ1) is 45.3. The summed E-state index contributed by atoms with van der Waals surface area (Å²) in [5, 5.41) is 0. The molecular formula is C44H85O2. The average molecular weight is 646 g/mol. The van der Waals surface area contributed by atoms with E-state index in [1.54, 1.807) is 0 Å². The summed E-state index contributed by atoms with van der Waals surface area (Å²) in [4.78, 5) is 23.9. The third kappa shape index (κ3) is 36.2. The highest BCUT2D eigenvalue weighted by Gasteiger charge is 2.17. The summed E-state index contributed by atoms with van der Waals surface area (Å²) in [6, 6.07) is 0. The molecule has 0 rings (SSSR count). The number of carbonyl (C=O) groups excluding carboxylic acids is 2. The van der Waals surface area contributed by atoms with Crippen molar-refractivity contribution in [1.29, 1.82) is 0 Å². The van der Waals surface area contributed by atoms with Crippen molar-refractivity contribution in [1.82, 2.24) is 0 Å². The predicted molar refractivity (Wildman–Crippen MR) is 206 cm³/mol. The third-order valence-electron chi connectivity index (χ3n) is 10.4. The smallest absolute Gasteiger partial charge is 0.209 e. The summed E-state index contributed by atoms with van der Waals surface area (Å²) in [6.07, 6.45) is 53.8. The van der Waals surface area contributed by atoms with Crippen LogP contribution in [0.15, 0.2) is 0 Å². The van der Waals surface area contributed by atoms with E-state index in [4.69, 9.17) is 0 Å². The van der Waals surface area contributed by atoms with Crippen LogP contribution in [0.1, 0.15) is 264 Å². The van der Waals surface area contributed by atoms with Gasteiger partial charge in [0, 0.05) is 6.42 Å². The van der Waals surface area contributed by atoms with Crippen molar-refractivity contribution in [3.05, 3.63) is 0 Å². The second-order valence-electron chi connectivity index (χ2n) is 15.0. The summed E-state index contributed by atoms with van der Waals surface area (Å²) < 4.78 is 0. The summed E-state index contributed by atoms with van der Waals surface area (Å²) in [6.45, 7) is 4.58. The van der Waals surface area contributed by atoms with Crippen molar-refractivity contribution in [2.24, 2.45) is 5.92 Å². The Balaban J connectivity index is 3.36. The minimum absolute atomic E-state index is 0.147. The van der Waals surface area contributed by atoms with Crippen molar-refractivity contribution in [2.75, 3.05) is 0 Å². The van der Waals surface area contributed by atoms with Crippen molar-refractivity contribution < 1.29 is 9.59 Å². The van der Waals surface area contributed by atoms with Gasteiger partial charge in [0.25, 0.3) is 0 Å². The van der Waals surface area contributed by atoms with Crippen molar-refractivity contribution in [2.45, 2.75) is 264 Å². The van der Waals surface area contributed by atoms with Crippen LogP contribution >= 0.6 is 0 Å². The van der Waals surface area contributed by atoms with E-state index in [1.807, 2.05) is 0 Å². The Morgan fingerprint density at radius 3 is 0.804 bits per heavy atom. The minimum atomic E-state index is -0.461. The van der Waals surface area contributed by atoms with Gasteiger partial charge in [0.2, 0.25) is 6.29 Å². The first-order chi connectivity index (χ1) is 22.8. The molecule has 0 fully saturated rings. The molecule has 273 valence electrons. The van der Waals surface area contributed by atoms with Gasteiger partial charge < -0.3 is 0 Å². The van der Waals surface area contributed by atoms with Gasteiger partial charge in [-0.1, -0.05) is 245 Å². The molecule has 0 aliphatic carbocycles. The van der Waals surface area contributed by atoms with Crippen LogP contribution in [-0.4, -0.2) is 12.1 Å². The number of Topliss-reactive ketones (excluding diaryl/α,β-unsaturated/α-hetero) is 1. The quantitative estimate of drug-likeness (QED) is 0.0490. The number of hydrogen-bond acceptors (Lipinski definition) is 2. The van der Waals surface area contributed by atoms with E-state index in [2.05, 4.69) is 20.1 Å². The molecule has 0 aliphatic heterocycles. The lowest BCUT2D eigenvalue weighted by atomic mass is 9.94. The van der Waals surface area contributed by atoms with E-state index < -0.39 is 5.92 Å². The standard InChI is InChI=1S/C44H85O2/c1-3-5-7-9-11-13-15-17-19-21-23-25-27-29-31-33-35-37-39-41-44(46)43(42-45)40-38-36-34-32-30-28-26-24-22-20-18-16-14-12-10-8-6-4-2/h43H,3-41H2,1-2H3. The molecule has 0 bridgehead atoms. The van der Waals surface area contributed by atoms with Gasteiger partial charge in [-0.3, -0.25) is 9.59 Å².